The fourth-order valence-electron chi connectivity index (χ4n) is 0.972. The zero-order valence-corrected chi connectivity index (χ0v) is 9.22. The van der Waals surface area contributed by atoms with Crippen molar-refractivity contribution in [2.45, 2.75) is 13.8 Å². The molecule has 0 radical (unpaired) electrons. The van der Waals surface area contributed by atoms with Crippen LogP contribution in [0.5, 0.6) is 0 Å². The lowest BCUT2D eigenvalue weighted by atomic mass is 10.0. The Labute approximate surface area is 89.3 Å². The number of rotatable bonds is 5. The van der Waals surface area contributed by atoms with Crippen molar-refractivity contribution in [3.8, 4) is 0 Å². The predicted molar refractivity (Wildman–Crippen MR) is 62.0 cm³/mol. The van der Waals surface area contributed by atoms with Crippen molar-refractivity contribution in [1.29, 1.82) is 5.41 Å². The first kappa shape index (κ1) is 13.1. The molecule has 0 aliphatic heterocycles. The van der Waals surface area contributed by atoms with Crippen LogP contribution in [0.3, 0.4) is 0 Å². The van der Waals surface area contributed by atoms with E-state index >= 15 is 0 Å². The largest absolute Gasteiger partial charge is 0.391 e. The SMILES string of the molecule is C=C/N=C(N)\C(C(=N)C(C)=O)=C(/C)NC. The molecule has 5 nitrogen and oxygen atoms in total. The number of aliphatic imine (C=N–C) groups is 1. The molecule has 0 aromatic rings. The lowest BCUT2D eigenvalue weighted by Crippen LogP contribution is -2.28. The van der Waals surface area contributed by atoms with Crippen molar-refractivity contribution in [3.05, 3.63) is 24.0 Å². The van der Waals surface area contributed by atoms with Crippen molar-refractivity contribution in [2.24, 2.45) is 10.7 Å². The molecule has 0 saturated carbocycles. The van der Waals surface area contributed by atoms with Crippen LogP contribution < -0.4 is 11.1 Å². The van der Waals surface area contributed by atoms with Gasteiger partial charge in [-0.3, -0.25) is 10.2 Å². The third-order valence-electron chi connectivity index (χ3n) is 1.84. The number of amidine groups is 1. The summed E-state index contributed by atoms with van der Waals surface area (Å²) in [5.41, 5.74) is 6.40. The van der Waals surface area contributed by atoms with Gasteiger partial charge in [0.25, 0.3) is 0 Å². The summed E-state index contributed by atoms with van der Waals surface area (Å²) in [5.74, 6) is -0.251. The molecule has 0 unspecified atom stereocenters. The quantitative estimate of drug-likeness (QED) is 0.456. The van der Waals surface area contributed by atoms with Gasteiger partial charge in [-0.05, 0) is 6.92 Å². The molecule has 0 aliphatic carbocycles. The maximum Gasteiger partial charge on any atom is 0.178 e. The van der Waals surface area contributed by atoms with Crippen LogP contribution in [-0.2, 0) is 4.79 Å². The first-order chi connectivity index (χ1) is 6.95. The van der Waals surface area contributed by atoms with Crippen LogP contribution in [0.25, 0.3) is 0 Å². The third kappa shape index (κ3) is 3.38. The molecule has 0 atom stereocenters. The summed E-state index contributed by atoms with van der Waals surface area (Å²) < 4.78 is 0. The van der Waals surface area contributed by atoms with Gasteiger partial charge in [-0.15, -0.1) is 0 Å². The topological polar surface area (TPSA) is 91.3 Å². The Morgan fingerprint density at radius 2 is 2.07 bits per heavy atom. The summed E-state index contributed by atoms with van der Waals surface area (Å²) in [6.45, 7) is 6.44. The molecule has 15 heavy (non-hydrogen) atoms. The van der Waals surface area contributed by atoms with Gasteiger partial charge in [-0.1, -0.05) is 6.58 Å². The van der Waals surface area contributed by atoms with Crippen LogP contribution in [0.15, 0.2) is 29.0 Å². The van der Waals surface area contributed by atoms with Crippen LogP contribution >= 0.6 is 0 Å². The van der Waals surface area contributed by atoms with E-state index in [2.05, 4.69) is 16.9 Å². The Kier molecular flexibility index (Phi) is 5.01. The second-order valence-electron chi connectivity index (χ2n) is 2.88. The van der Waals surface area contributed by atoms with E-state index in [-0.39, 0.29) is 17.3 Å². The molecule has 0 amide bonds. The predicted octanol–water partition coefficient (Wildman–Crippen LogP) is 0.589. The number of allylic oxidation sites excluding steroid dienone is 1. The van der Waals surface area contributed by atoms with Gasteiger partial charge in [0, 0.05) is 25.9 Å². The molecule has 0 heterocycles. The lowest BCUT2D eigenvalue weighted by Gasteiger charge is -2.10. The molecule has 0 saturated heterocycles. The van der Waals surface area contributed by atoms with Crippen LogP contribution in [0.1, 0.15) is 13.8 Å². The van der Waals surface area contributed by atoms with E-state index in [9.17, 15) is 4.79 Å². The molecule has 0 rings (SSSR count). The normalized spacial score (nSPS) is 12.9. The summed E-state index contributed by atoms with van der Waals surface area (Å²) >= 11 is 0. The number of carbonyl (C=O) groups is 1. The van der Waals surface area contributed by atoms with Gasteiger partial charge in [0.05, 0.1) is 5.57 Å². The summed E-state index contributed by atoms with van der Waals surface area (Å²) in [6, 6.07) is 0. The standard InChI is InChI=1S/C10H16N4O/c1-5-14-10(12)8(6(2)13-4)9(11)7(3)15/h5,11,13H,1H2,2-4H3,(H2,12,14)/b8-6+,11-9?. The molecule has 0 aliphatic rings. The maximum atomic E-state index is 11.1. The smallest absolute Gasteiger partial charge is 0.178 e. The first-order valence-corrected chi connectivity index (χ1v) is 4.38. The minimum atomic E-state index is -0.359. The third-order valence-corrected chi connectivity index (χ3v) is 1.84. The zero-order valence-electron chi connectivity index (χ0n) is 9.22. The average molecular weight is 208 g/mol. The molecular formula is C10H16N4O. The van der Waals surface area contributed by atoms with Gasteiger partial charge in [0.2, 0.25) is 0 Å². The summed E-state index contributed by atoms with van der Waals surface area (Å²) in [4.78, 5) is 14.9. The number of hydrogen-bond acceptors (Lipinski definition) is 4. The molecule has 82 valence electrons. The molecule has 4 N–H and O–H groups in total. The van der Waals surface area contributed by atoms with Gasteiger partial charge in [0.1, 0.15) is 11.5 Å². The number of Topliss-reactive ketones (excluding diaryl/α,β-unsaturated/α-hetero) is 1. The molecular weight excluding hydrogens is 192 g/mol. The van der Waals surface area contributed by atoms with Crippen LogP contribution in [0.2, 0.25) is 0 Å². The van der Waals surface area contributed by atoms with E-state index in [1.54, 1.807) is 14.0 Å². The zero-order chi connectivity index (χ0) is 12.0. The van der Waals surface area contributed by atoms with Crippen molar-refractivity contribution in [1.82, 2.24) is 5.32 Å². The average Bonchev–Trinajstić information content (AvgIpc) is 2.17. The Morgan fingerprint density at radius 3 is 2.40 bits per heavy atom. The van der Waals surface area contributed by atoms with E-state index in [1.165, 1.54) is 13.1 Å². The molecule has 0 fully saturated rings. The summed E-state index contributed by atoms with van der Waals surface area (Å²) in [6.07, 6.45) is 1.27. The molecule has 0 bridgehead atoms. The van der Waals surface area contributed by atoms with E-state index in [1.807, 2.05) is 0 Å². The lowest BCUT2D eigenvalue weighted by molar-refractivity contribution is -0.111. The van der Waals surface area contributed by atoms with Gasteiger partial charge in [-0.2, -0.15) is 0 Å². The van der Waals surface area contributed by atoms with Crippen LogP contribution in [0, 0.1) is 5.41 Å². The fraction of sp³-hybridized carbons (Fsp3) is 0.300. The molecule has 0 aromatic carbocycles. The summed E-state index contributed by atoms with van der Waals surface area (Å²) in [5, 5.41) is 10.4. The molecule has 5 heteroatoms. The Balaban J connectivity index is 5.46. The first-order valence-electron chi connectivity index (χ1n) is 4.38. The summed E-state index contributed by atoms with van der Waals surface area (Å²) in [7, 11) is 1.68. The van der Waals surface area contributed by atoms with Crippen molar-refractivity contribution >= 4 is 17.3 Å². The van der Waals surface area contributed by atoms with Gasteiger partial charge < -0.3 is 11.1 Å². The Bertz CT molecular complexity index is 348. The van der Waals surface area contributed by atoms with Crippen LogP contribution in [0.4, 0.5) is 0 Å². The Morgan fingerprint density at radius 1 is 1.53 bits per heavy atom. The van der Waals surface area contributed by atoms with Gasteiger partial charge in [-0.25, -0.2) is 4.99 Å². The van der Waals surface area contributed by atoms with Crippen molar-refractivity contribution < 1.29 is 4.79 Å². The number of ketones is 1. The molecule has 0 spiro atoms. The maximum absolute atomic E-state index is 11.1. The van der Waals surface area contributed by atoms with E-state index in [0.717, 1.165) is 0 Å². The van der Waals surface area contributed by atoms with Crippen molar-refractivity contribution in [2.75, 3.05) is 7.05 Å². The number of nitrogens with two attached hydrogens (primary N) is 1. The fourth-order valence-corrected chi connectivity index (χ4v) is 0.972. The minimum Gasteiger partial charge on any atom is -0.391 e. The number of hydrogen-bond donors (Lipinski definition) is 3. The highest BCUT2D eigenvalue weighted by Gasteiger charge is 2.16. The van der Waals surface area contributed by atoms with Gasteiger partial charge in [0.15, 0.2) is 5.78 Å². The van der Waals surface area contributed by atoms with E-state index in [4.69, 9.17) is 11.1 Å². The second-order valence-corrected chi connectivity index (χ2v) is 2.88. The number of nitrogens with zero attached hydrogens (tertiary/aromatic N) is 1. The second kappa shape index (κ2) is 5.74. The highest BCUT2D eigenvalue weighted by Crippen LogP contribution is 2.04. The van der Waals surface area contributed by atoms with Gasteiger partial charge >= 0.3 is 0 Å². The van der Waals surface area contributed by atoms with E-state index in [0.29, 0.717) is 11.3 Å². The highest BCUT2D eigenvalue weighted by atomic mass is 16.1. The Hall–Kier alpha value is -1.91. The number of carbonyl (C=O) groups excluding carboxylic acids is 1. The molecule has 0 aromatic heterocycles. The van der Waals surface area contributed by atoms with E-state index < -0.39 is 0 Å². The monoisotopic (exact) mass is 208 g/mol. The highest BCUT2D eigenvalue weighted by molar-refractivity contribution is 6.50. The number of nitrogens with one attached hydrogen (secondary N) is 2. The minimum absolute atomic E-state index is 0.108. The van der Waals surface area contributed by atoms with Crippen molar-refractivity contribution in [3.63, 3.8) is 0 Å². The van der Waals surface area contributed by atoms with Crippen LogP contribution in [-0.4, -0.2) is 24.4 Å².